The molecule has 1 aliphatic rings. The quantitative estimate of drug-likeness (QED) is 0.853. The molecule has 1 fully saturated rings. The van der Waals surface area contributed by atoms with Gasteiger partial charge in [0.15, 0.2) is 0 Å². The third kappa shape index (κ3) is 4.43. The van der Waals surface area contributed by atoms with E-state index in [4.69, 9.17) is 4.74 Å². The second-order valence-electron chi connectivity index (χ2n) is 5.73. The molecule has 0 spiro atoms. The van der Waals surface area contributed by atoms with Crippen molar-refractivity contribution in [1.82, 2.24) is 5.32 Å². The molecule has 3 heteroatoms. The van der Waals surface area contributed by atoms with Crippen molar-refractivity contribution in [1.29, 1.82) is 0 Å². The molecule has 1 N–H and O–H groups in total. The molecule has 1 aromatic rings. The topological polar surface area (TPSA) is 24.5 Å². The summed E-state index contributed by atoms with van der Waals surface area (Å²) < 4.78 is 5.66. The van der Waals surface area contributed by atoms with Gasteiger partial charge < -0.3 is 15.0 Å². The molecular formula is C16H26N2O. The van der Waals surface area contributed by atoms with Crippen molar-refractivity contribution in [2.24, 2.45) is 5.92 Å². The third-order valence-electron chi connectivity index (χ3n) is 3.68. The maximum atomic E-state index is 5.66. The Balaban J connectivity index is 1.82. The second-order valence-corrected chi connectivity index (χ2v) is 5.73. The van der Waals surface area contributed by atoms with Crippen LogP contribution in [-0.4, -0.2) is 32.8 Å². The molecule has 3 nitrogen and oxygen atoms in total. The van der Waals surface area contributed by atoms with Gasteiger partial charge in [-0.25, -0.2) is 0 Å². The van der Waals surface area contributed by atoms with Crippen LogP contribution in [0.25, 0.3) is 0 Å². The average molecular weight is 262 g/mol. The second kappa shape index (κ2) is 6.80. The van der Waals surface area contributed by atoms with Gasteiger partial charge in [-0.2, -0.15) is 0 Å². The number of hydrogen-bond acceptors (Lipinski definition) is 3. The molecule has 106 valence electrons. The zero-order valence-electron chi connectivity index (χ0n) is 12.4. The van der Waals surface area contributed by atoms with Crippen LogP contribution in [0.15, 0.2) is 24.3 Å². The molecule has 1 aromatic carbocycles. The Labute approximate surface area is 116 Å². The smallest absolute Gasteiger partial charge is 0.119 e. The maximum absolute atomic E-state index is 5.66. The van der Waals surface area contributed by atoms with E-state index in [0.717, 1.165) is 18.2 Å². The van der Waals surface area contributed by atoms with Crippen LogP contribution >= 0.6 is 0 Å². The molecule has 0 aliphatic carbocycles. The van der Waals surface area contributed by atoms with Crippen molar-refractivity contribution < 1.29 is 4.74 Å². The van der Waals surface area contributed by atoms with Crippen LogP contribution in [0.5, 0.6) is 5.75 Å². The number of benzene rings is 1. The van der Waals surface area contributed by atoms with Crippen LogP contribution in [0.1, 0.15) is 26.7 Å². The standard InChI is InChI=1S/C16H26N2O/c1-13(2)19-16-6-4-15(5-7-16)18(3)11-9-14-8-10-17-12-14/h4-7,13-14,17H,8-12H2,1-3H3. The summed E-state index contributed by atoms with van der Waals surface area (Å²) in [7, 11) is 2.17. The highest BCUT2D eigenvalue weighted by Gasteiger charge is 2.14. The Kier molecular flexibility index (Phi) is 5.08. The van der Waals surface area contributed by atoms with E-state index in [-0.39, 0.29) is 6.10 Å². The maximum Gasteiger partial charge on any atom is 0.119 e. The Bertz CT molecular complexity index is 369. The molecule has 19 heavy (non-hydrogen) atoms. The fourth-order valence-electron chi connectivity index (χ4n) is 2.52. The van der Waals surface area contributed by atoms with Gasteiger partial charge >= 0.3 is 0 Å². The molecule has 0 saturated carbocycles. The van der Waals surface area contributed by atoms with E-state index in [1.165, 1.54) is 31.6 Å². The van der Waals surface area contributed by atoms with Gasteiger partial charge in [0.1, 0.15) is 5.75 Å². The molecule has 0 radical (unpaired) electrons. The first-order chi connectivity index (χ1) is 9.15. The summed E-state index contributed by atoms with van der Waals surface area (Å²) in [5.74, 6) is 1.80. The lowest BCUT2D eigenvalue weighted by Crippen LogP contribution is -2.21. The van der Waals surface area contributed by atoms with E-state index in [2.05, 4.69) is 55.4 Å². The summed E-state index contributed by atoms with van der Waals surface area (Å²) in [4.78, 5) is 2.33. The van der Waals surface area contributed by atoms with Crippen molar-refractivity contribution >= 4 is 5.69 Å². The van der Waals surface area contributed by atoms with E-state index < -0.39 is 0 Å². The van der Waals surface area contributed by atoms with Crippen molar-refractivity contribution in [3.05, 3.63) is 24.3 Å². The zero-order valence-corrected chi connectivity index (χ0v) is 12.4. The van der Waals surface area contributed by atoms with Crippen molar-refractivity contribution in [2.45, 2.75) is 32.8 Å². The number of rotatable bonds is 6. The largest absolute Gasteiger partial charge is 0.491 e. The van der Waals surface area contributed by atoms with Crippen LogP contribution in [-0.2, 0) is 0 Å². The lowest BCUT2D eigenvalue weighted by molar-refractivity contribution is 0.242. The molecule has 1 aliphatic heterocycles. The number of anilines is 1. The minimum Gasteiger partial charge on any atom is -0.491 e. The molecule has 0 amide bonds. The first-order valence-electron chi connectivity index (χ1n) is 7.33. The Hall–Kier alpha value is -1.22. The molecular weight excluding hydrogens is 236 g/mol. The normalized spacial score (nSPS) is 18.8. The fraction of sp³-hybridized carbons (Fsp3) is 0.625. The van der Waals surface area contributed by atoms with Gasteiger partial charge in [0.05, 0.1) is 6.10 Å². The molecule has 1 heterocycles. The molecule has 0 aromatic heterocycles. The van der Waals surface area contributed by atoms with E-state index in [9.17, 15) is 0 Å². The molecule has 2 rings (SSSR count). The lowest BCUT2D eigenvalue weighted by atomic mass is 10.0. The number of hydrogen-bond donors (Lipinski definition) is 1. The number of ether oxygens (including phenoxy) is 1. The summed E-state index contributed by atoms with van der Waals surface area (Å²) in [5, 5.41) is 3.43. The highest BCUT2D eigenvalue weighted by Crippen LogP contribution is 2.21. The Morgan fingerprint density at radius 2 is 2.05 bits per heavy atom. The molecule has 1 saturated heterocycles. The summed E-state index contributed by atoms with van der Waals surface area (Å²) in [6, 6.07) is 8.40. The molecule has 1 atom stereocenters. The predicted octanol–water partition coefficient (Wildman–Crippen LogP) is 2.91. The van der Waals surface area contributed by atoms with Gasteiger partial charge in [-0.15, -0.1) is 0 Å². The van der Waals surface area contributed by atoms with Crippen LogP contribution in [0.3, 0.4) is 0 Å². The first kappa shape index (κ1) is 14.2. The summed E-state index contributed by atoms with van der Waals surface area (Å²) in [6.45, 7) is 7.60. The van der Waals surface area contributed by atoms with Crippen molar-refractivity contribution in [2.75, 3.05) is 31.6 Å². The van der Waals surface area contributed by atoms with E-state index in [1.54, 1.807) is 0 Å². The minimum absolute atomic E-state index is 0.235. The summed E-state index contributed by atoms with van der Waals surface area (Å²) >= 11 is 0. The van der Waals surface area contributed by atoms with Gasteiger partial charge in [0, 0.05) is 19.3 Å². The zero-order chi connectivity index (χ0) is 13.7. The van der Waals surface area contributed by atoms with Gasteiger partial charge in [0.2, 0.25) is 0 Å². The minimum atomic E-state index is 0.235. The first-order valence-corrected chi connectivity index (χ1v) is 7.33. The third-order valence-corrected chi connectivity index (χ3v) is 3.68. The van der Waals surface area contributed by atoms with Crippen LogP contribution in [0.2, 0.25) is 0 Å². The summed E-state index contributed by atoms with van der Waals surface area (Å²) in [6.07, 6.45) is 2.83. The highest BCUT2D eigenvalue weighted by atomic mass is 16.5. The predicted molar refractivity (Wildman–Crippen MR) is 81.1 cm³/mol. The van der Waals surface area contributed by atoms with Gasteiger partial charge in [-0.3, -0.25) is 0 Å². The highest BCUT2D eigenvalue weighted by molar-refractivity contribution is 5.48. The van der Waals surface area contributed by atoms with Gasteiger partial charge in [0.25, 0.3) is 0 Å². The van der Waals surface area contributed by atoms with Crippen LogP contribution in [0.4, 0.5) is 5.69 Å². The Morgan fingerprint density at radius 1 is 1.32 bits per heavy atom. The SMILES string of the molecule is CC(C)Oc1ccc(N(C)CCC2CCNC2)cc1. The molecule has 0 bridgehead atoms. The van der Waals surface area contributed by atoms with Gasteiger partial charge in [-0.05, 0) is 70.0 Å². The van der Waals surface area contributed by atoms with Gasteiger partial charge in [-0.1, -0.05) is 0 Å². The van der Waals surface area contributed by atoms with E-state index >= 15 is 0 Å². The van der Waals surface area contributed by atoms with E-state index in [1.807, 2.05) is 0 Å². The van der Waals surface area contributed by atoms with Crippen LogP contribution < -0.4 is 15.0 Å². The molecule has 1 unspecified atom stereocenters. The van der Waals surface area contributed by atoms with Crippen molar-refractivity contribution in [3.8, 4) is 5.75 Å². The average Bonchev–Trinajstić information content (AvgIpc) is 2.89. The fourth-order valence-corrected chi connectivity index (χ4v) is 2.52. The van der Waals surface area contributed by atoms with Crippen molar-refractivity contribution in [3.63, 3.8) is 0 Å². The Morgan fingerprint density at radius 3 is 2.63 bits per heavy atom. The number of nitrogens with one attached hydrogen (secondary N) is 1. The monoisotopic (exact) mass is 262 g/mol. The number of nitrogens with zero attached hydrogens (tertiary/aromatic N) is 1. The summed E-state index contributed by atoms with van der Waals surface area (Å²) in [5.41, 5.74) is 1.27. The van der Waals surface area contributed by atoms with Crippen LogP contribution in [0, 0.1) is 5.92 Å². The lowest BCUT2D eigenvalue weighted by Gasteiger charge is -2.21. The van der Waals surface area contributed by atoms with E-state index in [0.29, 0.717) is 0 Å².